The van der Waals surface area contributed by atoms with Gasteiger partial charge in [-0.3, -0.25) is 9.78 Å². The molecule has 1 fully saturated rings. The average Bonchev–Trinajstić information content (AvgIpc) is 3.50. The van der Waals surface area contributed by atoms with Gasteiger partial charge in [0.15, 0.2) is 5.82 Å². The lowest BCUT2D eigenvalue weighted by molar-refractivity contribution is 0.102. The van der Waals surface area contributed by atoms with Crippen molar-refractivity contribution in [1.82, 2.24) is 19.7 Å². The largest absolute Gasteiger partial charge is 0.321 e. The monoisotopic (exact) mass is 381 g/mol. The number of nitrogens with zero attached hydrogens (tertiary/aromatic N) is 4. The van der Waals surface area contributed by atoms with Crippen molar-refractivity contribution in [2.24, 2.45) is 0 Å². The molecule has 0 radical (unpaired) electrons. The Morgan fingerprint density at radius 1 is 0.931 bits per heavy atom. The molecule has 0 aliphatic heterocycles. The van der Waals surface area contributed by atoms with E-state index in [0.717, 1.165) is 35.4 Å². The van der Waals surface area contributed by atoms with Crippen LogP contribution in [0, 0.1) is 0 Å². The van der Waals surface area contributed by atoms with Crippen LogP contribution in [0.4, 0.5) is 5.69 Å². The van der Waals surface area contributed by atoms with Crippen molar-refractivity contribution >= 4 is 11.6 Å². The highest BCUT2D eigenvalue weighted by Crippen LogP contribution is 2.37. The molecule has 1 amide bonds. The molecule has 0 spiro atoms. The molecule has 1 aliphatic rings. The molecule has 5 rings (SSSR count). The number of anilines is 1. The van der Waals surface area contributed by atoms with Crippen molar-refractivity contribution in [2.75, 3.05) is 5.32 Å². The van der Waals surface area contributed by atoms with E-state index in [2.05, 4.69) is 25.1 Å². The van der Waals surface area contributed by atoms with Gasteiger partial charge in [0, 0.05) is 23.5 Å². The molecule has 6 heteroatoms. The highest BCUT2D eigenvalue weighted by Gasteiger charge is 2.26. The third-order valence-electron chi connectivity index (χ3n) is 4.99. The van der Waals surface area contributed by atoms with E-state index in [1.54, 1.807) is 18.6 Å². The predicted octanol–water partition coefficient (Wildman–Crippen LogP) is 4.59. The number of aromatic nitrogens is 4. The zero-order valence-corrected chi connectivity index (χ0v) is 15.7. The van der Waals surface area contributed by atoms with Gasteiger partial charge in [0.2, 0.25) is 0 Å². The topological polar surface area (TPSA) is 72.7 Å². The Bertz CT molecular complexity index is 1160. The van der Waals surface area contributed by atoms with Gasteiger partial charge in [0.05, 0.1) is 0 Å². The lowest BCUT2D eigenvalue weighted by Gasteiger charge is -2.09. The lowest BCUT2D eigenvalue weighted by Crippen LogP contribution is -2.13. The molecule has 2 aromatic carbocycles. The number of carbonyl (C=O) groups is 1. The number of amides is 1. The summed E-state index contributed by atoms with van der Waals surface area (Å²) in [7, 11) is 0. The first-order valence-electron chi connectivity index (χ1n) is 9.61. The molecule has 6 nitrogen and oxygen atoms in total. The van der Waals surface area contributed by atoms with E-state index in [1.807, 2.05) is 60.7 Å². The van der Waals surface area contributed by atoms with Crippen LogP contribution in [0.25, 0.3) is 22.5 Å². The Balaban J connectivity index is 1.38. The molecule has 0 bridgehead atoms. The smallest absolute Gasteiger partial charge is 0.274 e. The van der Waals surface area contributed by atoms with Crippen molar-refractivity contribution in [3.05, 3.63) is 84.9 Å². The van der Waals surface area contributed by atoms with Gasteiger partial charge in [0.25, 0.3) is 5.91 Å². The van der Waals surface area contributed by atoms with Crippen LogP contribution in [-0.2, 0) is 0 Å². The fraction of sp³-hybridized carbons (Fsp3) is 0.130. The molecule has 2 heterocycles. The van der Waals surface area contributed by atoms with E-state index in [9.17, 15) is 4.79 Å². The molecule has 29 heavy (non-hydrogen) atoms. The third-order valence-corrected chi connectivity index (χ3v) is 4.99. The molecular weight excluding hydrogens is 362 g/mol. The Kier molecular flexibility index (Phi) is 4.37. The van der Waals surface area contributed by atoms with Crippen molar-refractivity contribution in [1.29, 1.82) is 0 Å². The van der Waals surface area contributed by atoms with Crippen molar-refractivity contribution in [2.45, 2.75) is 18.9 Å². The molecule has 0 saturated heterocycles. The maximum Gasteiger partial charge on any atom is 0.274 e. The number of benzene rings is 2. The Labute approximate surface area is 168 Å². The van der Waals surface area contributed by atoms with E-state index < -0.39 is 0 Å². The molecule has 1 aliphatic carbocycles. The van der Waals surface area contributed by atoms with Gasteiger partial charge in [-0.05, 0) is 48.2 Å². The summed E-state index contributed by atoms with van der Waals surface area (Å²) < 4.78 is 2.10. The lowest BCUT2D eigenvalue weighted by atomic mass is 10.1. The van der Waals surface area contributed by atoms with Crippen LogP contribution in [0.3, 0.4) is 0 Å². The van der Waals surface area contributed by atoms with Crippen molar-refractivity contribution < 1.29 is 4.79 Å². The fourth-order valence-electron chi connectivity index (χ4n) is 3.37. The van der Waals surface area contributed by atoms with Gasteiger partial charge in [0.1, 0.15) is 12.0 Å². The molecule has 0 atom stereocenters. The fourth-order valence-corrected chi connectivity index (χ4v) is 3.37. The zero-order chi connectivity index (χ0) is 19.6. The highest BCUT2D eigenvalue weighted by atomic mass is 16.1. The first kappa shape index (κ1) is 17.3. The van der Waals surface area contributed by atoms with Crippen LogP contribution in [0.1, 0.15) is 29.4 Å². The number of carbonyl (C=O) groups excluding carboxylic acids is 1. The summed E-state index contributed by atoms with van der Waals surface area (Å²) in [5, 5.41) is 11.3. The van der Waals surface area contributed by atoms with Gasteiger partial charge >= 0.3 is 0 Å². The van der Waals surface area contributed by atoms with E-state index in [0.29, 0.717) is 17.4 Å². The summed E-state index contributed by atoms with van der Waals surface area (Å²) in [5.74, 6) is 0.580. The van der Waals surface area contributed by atoms with Crippen molar-refractivity contribution in [3.63, 3.8) is 0 Å². The minimum atomic E-state index is -0.247. The van der Waals surface area contributed by atoms with Crippen molar-refractivity contribution in [3.8, 4) is 22.5 Å². The van der Waals surface area contributed by atoms with E-state index in [4.69, 9.17) is 0 Å². The second-order valence-electron chi connectivity index (χ2n) is 7.12. The van der Waals surface area contributed by atoms with Crippen LogP contribution in [0.5, 0.6) is 0 Å². The first-order chi connectivity index (χ1) is 14.3. The van der Waals surface area contributed by atoms with E-state index in [1.165, 1.54) is 0 Å². The summed E-state index contributed by atoms with van der Waals surface area (Å²) in [6.45, 7) is 0. The van der Waals surface area contributed by atoms with Crippen LogP contribution in [0.15, 0.2) is 79.3 Å². The number of hydrogen-bond acceptors (Lipinski definition) is 4. The Hall–Kier alpha value is -3.80. The van der Waals surface area contributed by atoms with Gasteiger partial charge in [-0.25, -0.2) is 0 Å². The van der Waals surface area contributed by atoms with Crippen LogP contribution >= 0.6 is 0 Å². The maximum absolute atomic E-state index is 12.8. The molecule has 1 N–H and O–H groups in total. The molecule has 1 saturated carbocycles. The van der Waals surface area contributed by atoms with Gasteiger partial charge < -0.3 is 9.88 Å². The summed E-state index contributed by atoms with van der Waals surface area (Å²) >= 11 is 0. The standard InChI is InChI=1S/C23H19N5O/c29-23(21-14-17(11-12-24-21)16-5-2-1-3-6-16)26-19-8-4-7-18(13-19)22-27-25-15-28(22)20-9-10-20/h1-8,11-15,20H,9-10H2,(H,26,29). The average molecular weight is 381 g/mol. The van der Waals surface area contributed by atoms with Gasteiger partial charge in [-0.2, -0.15) is 0 Å². The van der Waals surface area contributed by atoms with E-state index >= 15 is 0 Å². The quantitative estimate of drug-likeness (QED) is 0.549. The number of rotatable bonds is 5. The molecule has 4 aromatic rings. The molecule has 0 unspecified atom stereocenters. The van der Waals surface area contributed by atoms with Crippen LogP contribution < -0.4 is 5.32 Å². The van der Waals surface area contributed by atoms with Crippen LogP contribution in [-0.4, -0.2) is 25.7 Å². The zero-order valence-electron chi connectivity index (χ0n) is 15.7. The summed E-state index contributed by atoms with van der Waals surface area (Å²) in [6, 6.07) is 21.8. The first-order valence-corrected chi connectivity index (χ1v) is 9.61. The number of pyridine rings is 1. The molecular formula is C23H19N5O. The summed E-state index contributed by atoms with van der Waals surface area (Å²) in [6.07, 6.45) is 5.75. The summed E-state index contributed by atoms with van der Waals surface area (Å²) in [4.78, 5) is 17.0. The number of nitrogens with one attached hydrogen (secondary N) is 1. The molecule has 2 aromatic heterocycles. The molecule has 142 valence electrons. The Morgan fingerprint density at radius 2 is 1.76 bits per heavy atom. The minimum absolute atomic E-state index is 0.247. The SMILES string of the molecule is O=C(Nc1cccc(-c2nncn2C2CC2)c1)c1cc(-c2ccccc2)ccn1. The Morgan fingerprint density at radius 3 is 2.59 bits per heavy atom. The third kappa shape index (κ3) is 3.65. The normalized spacial score (nSPS) is 13.2. The highest BCUT2D eigenvalue weighted by molar-refractivity contribution is 6.03. The van der Waals surface area contributed by atoms with E-state index in [-0.39, 0.29) is 5.91 Å². The number of hydrogen-bond donors (Lipinski definition) is 1. The second kappa shape index (κ2) is 7.31. The maximum atomic E-state index is 12.8. The van der Waals surface area contributed by atoms with Gasteiger partial charge in [-0.15, -0.1) is 10.2 Å². The van der Waals surface area contributed by atoms with Gasteiger partial charge in [-0.1, -0.05) is 42.5 Å². The summed E-state index contributed by atoms with van der Waals surface area (Å²) in [5.41, 5.74) is 4.00. The predicted molar refractivity (Wildman–Crippen MR) is 111 cm³/mol. The minimum Gasteiger partial charge on any atom is -0.321 e. The van der Waals surface area contributed by atoms with Crippen LogP contribution in [0.2, 0.25) is 0 Å². The second-order valence-corrected chi connectivity index (χ2v) is 7.12.